The van der Waals surface area contributed by atoms with Crippen molar-refractivity contribution in [2.45, 2.75) is 70.1 Å². The van der Waals surface area contributed by atoms with Gasteiger partial charge in [-0.15, -0.1) is 0 Å². The van der Waals surface area contributed by atoms with Gasteiger partial charge in [0.15, 0.2) is 5.69 Å². The van der Waals surface area contributed by atoms with E-state index in [0.717, 1.165) is 22.9 Å². The van der Waals surface area contributed by atoms with E-state index in [1.165, 1.54) is 18.3 Å². The summed E-state index contributed by atoms with van der Waals surface area (Å²) in [7, 11) is 0. The van der Waals surface area contributed by atoms with Gasteiger partial charge in [0, 0.05) is 34.5 Å². The van der Waals surface area contributed by atoms with Gasteiger partial charge < -0.3 is 11.1 Å². The Labute approximate surface area is 272 Å². The molecule has 1 fully saturated rings. The van der Waals surface area contributed by atoms with Crippen molar-refractivity contribution in [3.05, 3.63) is 106 Å². The first-order valence-electron chi connectivity index (χ1n) is 15.6. The summed E-state index contributed by atoms with van der Waals surface area (Å²) in [6.07, 6.45) is -2.21. The zero-order valence-electron chi connectivity index (χ0n) is 26.3. The molecule has 0 aliphatic heterocycles. The zero-order valence-corrected chi connectivity index (χ0v) is 26.3. The van der Waals surface area contributed by atoms with Crippen molar-refractivity contribution in [2.75, 3.05) is 0 Å². The first-order valence-corrected chi connectivity index (χ1v) is 15.6. The SMILES string of the molecule is CC(C)C1C2CCC1(C)c1c2c(C(F)(F)F)nn1CC(=O)N[C@@H](Cc1cc(F)cc(F)c1)c1ncccc1-c1ccc(F)c(C(N)=O)c1. The molecule has 4 aromatic rings. The molecule has 13 heteroatoms. The summed E-state index contributed by atoms with van der Waals surface area (Å²) in [4.78, 5) is 30.1. The molecule has 2 bridgehead atoms. The number of nitrogens with zero attached hydrogens (tertiary/aromatic N) is 3. The summed E-state index contributed by atoms with van der Waals surface area (Å²) in [5, 5.41) is 6.75. The van der Waals surface area contributed by atoms with Gasteiger partial charge in [-0.2, -0.15) is 18.3 Å². The number of alkyl halides is 3. The van der Waals surface area contributed by atoms with Crippen LogP contribution in [0.1, 0.15) is 84.1 Å². The van der Waals surface area contributed by atoms with Gasteiger partial charge in [-0.3, -0.25) is 19.3 Å². The Hall–Kier alpha value is -4.68. The third-order valence-corrected chi connectivity index (χ3v) is 9.73. The molecule has 7 nitrogen and oxygen atoms in total. The Morgan fingerprint density at radius 3 is 2.44 bits per heavy atom. The number of fused-ring (bicyclic) bond motifs is 5. The van der Waals surface area contributed by atoms with E-state index < -0.39 is 59.1 Å². The van der Waals surface area contributed by atoms with E-state index in [-0.39, 0.29) is 46.6 Å². The Morgan fingerprint density at radius 1 is 1.08 bits per heavy atom. The Kier molecular flexibility index (Phi) is 8.37. The van der Waals surface area contributed by atoms with Crippen LogP contribution in [-0.2, 0) is 29.4 Å². The minimum atomic E-state index is -4.72. The van der Waals surface area contributed by atoms with Crippen molar-refractivity contribution in [3.63, 3.8) is 0 Å². The fourth-order valence-electron chi connectivity index (χ4n) is 8.18. The molecular weight excluding hydrogens is 636 g/mol. The van der Waals surface area contributed by atoms with Crippen molar-refractivity contribution in [2.24, 2.45) is 17.6 Å². The standard InChI is InChI=1S/C35H33F6N5O2/c1-17(2)29-23-8-9-34(29,3)32-28(23)31(35(39,40)41)45-46(32)16-27(47)44-26(13-18-11-20(36)15-21(37)12-18)30-22(5-4-10-43-30)19-6-7-25(38)24(14-19)33(42)48/h4-7,10-12,14-15,17,23,26,29H,8-9,13,16H2,1-3H3,(H2,42,48)(H,44,47)/t23?,26-,29?,34?/m0/s1. The molecule has 2 aliphatic rings. The molecule has 1 saturated carbocycles. The lowest BCUT2D eigenvalue weighted by atomic mass is 9.74. The topological polar surface area (TPSA) is 103 Å². The van der Waals surface area contributed by atoms with Crippen LogP contribution >= 0.6 is 0 Å². The van der Waals surface area contributed by atoms with Gasteiger partial charge in [0.1, 0.15) is 24.0 Å². The average molecular weight is 670 g/mol. The van der Waals surface area contributed by atoms with Crippen LogP contribution in [0.3, 0.4) is 0 Å². The molecule has 4 atom stereocenters. The second-order valence-corrected chi connectivity index (χ2v) is 13.2. The quantitative estimate of drug-likeness (QED) is 0.187. The number of nitrogens with two attached hydrogens (primary N) is 1. The molecule has 48 heavy (non-hydrogen) atoms. The number of hydrogen-bond acceptors (Lipinski definition) is 4. The molecule has 0 radical (unpaired) electrons. The van der Waals surface area contributed by atoms with Crippen molar-refractivity contribution < 1.29 is 35.9 Å². The minimum absolute atomic E-state index is 0.0476. The molecule has 3 unspecified atom stereocenters. The number of aromatic nitrogens is 3. The number of rotatable bonds is 9. The molecule has 0 spiro atoms. The number of carbonyl (C=O) groups is 2. The summed E-state index contributed by atoms with van der Waals surface area (Å²) in [5.41, 5.74) is 4.97. The van der Waals surface area contributed by atoms with Crippen LogP contribution in [-0.4, -0.2) is 26.6 Å². The van der Waals surface area contributed by atoms with E-state index in [0.29, 0.717) is 35.7 Å². The zero-order chi connectivity index (χ0) is 34.7. The van der Waals surface area contributed by atoms with Gasteiger partial charge in [-0.05, 0) is 78.5 Å². The molecule has 252 valence electrons. The highest BCUT2D eigenvalue weighted by Crippen LogP contribution is 2.64. The summed E-state index contributed by atoms with van der Waals surface area (Å²) in [5.74, 6) is -4.54. The Morgan fingerprint density at radius 2 is 1.79 bits per heavy atom. The fourth-order valence-corrected chi connectivity index (χ4v) is 8.18. The van der Waals surface area contributed by atoms with E-state index in [1.807, 2.05) is 20.8 Å². The van der Waals surface area contributed by atoms with Gasteiger partial charge in [-0.1, -0.05) is 32.9 Å². The number of benzene rings is 2. The average Bonchev–Trinajstić information content (AvgIpc) is 3.63. The van der Waals surface area contributed by atoms with E-state index in [1.54, 1.807) is 12.1 Å². The molecule has 2 aliphatic carbocycles. The molecule has 6 rings (SSSR count). The first kappa shape index (κ1) is 33.2. The maximum atomic E-state index is 14.3. The molecular formula is C35H33F6N5O2. The van der Waals surface area contributed by atoms with Gasteiger partial charge in [0.25, 0.3) is 5.91 Å². The van der Waals surface area contributed by atoms with Gasteiger partial charge in [-0.25, -0.2) is 13.2 Å². The van der Waals surface area contributed by atoms with E-state index in [2.05, 4.69) is 15.4 Å². The van der Waals surface area contributed by atoms with Crippen LogP contribution in [0, 0.1) is 29.3 Å². The molecule has 2 aromatic carbocycles. The highest BCUT2D eigenvalue weighted by atomic mass is 19.4. The number of halogens is 6. The van der Waals surface area contributed by atoms with E-state index in [9.17, 15) is 35.9 Å². The maximum absolute atomic E-state index is 14.3. The van der Waals surface area contributed by atoms with Crippen LogP contribution in [0.2, 0.25) is 0 Å². The predicted octanol–water partition coefficient (Wildman–Crippen LogP) is 7.00. The molecule has 2 amide bonds. The van der Waals surface area contributed by atoms with Crippen LogP contribution in [0.4, 0.5) is 26.3 Å². The van der Waals surface area contributed by atoms with Crippen molar-refractivity contribution in [1.29, 1.82) is 0 Å². The molecule has 2 aromatic heterocycles. The smallest absolute Gasteiger partial charge is 0.366 e. The molecule has 3 N–H and O–H groups in total. The third-order valence-electron chi connectivity index (χ3n) is 9.73. The lowest BCUT2D eigenvalue weighted by Crippen LogP contribution is -2.36. The third kappa shape index (κ3) is 5.83. The second kappa shape index (κ2) is 12.1. The minimum Gasteiger partial charge on any atom is -0.366 e. The van der Waals surface area contributed by atoms with Crippen molar-refractivity contribution in [3.8, 4) is 11.1 Å². The summed E-state index contributed by atoms with van der Waals surface area (Å²) in [6, 6.07) is 8.64. The van der Waals surface area contributed by atoms with E-state index in [4.69, 9.17) is 5.73 Å². The normalized spacial score (nSPS) is 20.6. The summed E-state index contributed by atoms with van der Waals surface area (Å²) in [6.45, 7) is 5.36. The number of hydrogen-bond donors (Lipinski definition) is 2. The van der Waals surface area contributed by atoms with Gasteiger partial charge in [0.2, 0.25) is 5.91 Å². The Balaban J connectivity index is 1.40. The Bertz CT molecular complexity index is 1900. The summed E-state index contributed by atoms with van der Waals surface area (Å²) < 4.78 is 86.9. The maximum Gasteiger partial charge on any atom is 0.435 e. The van der Waals surface area contributed by atoms with Crippen LogP contribution in [0.5, 0.6) is 0 Å². The van der Waals surface area contributed by atoms with E-state index >= 15 is 0 Å². The summed E-state index contributed by atoms with van der Waals surface area (Å²) >= 11 is 0. The number of carbonyl (C=O) groups excluding carboxylic acids is 2. The number of primary amides is 1. The monoisotopic (exact) mass is 669 g/mol. The highest BCUT2D eigenvalue weighted by molar-refractivity contribution is 5.94. The molecule has 0 saturated heterocycles. The highest BCUT2D eigenvalue weighted by Gasteiger charge is 2.60. The lowest BCUT2D eigenvalue weighted by Gasteiger charge is -2.32. The van der Waals surface area contributed by atoms with Crippen LogP contribution in [0.25, 0.3) is 11.1 Å². The van der Waals surface area contributed by atoms with Crippen molar-refractivity contribution >= 4 is 11.8 Å². The predicted molar refractivity (Wildman–Crippen MR) is 164 cm³/mol. The number of pyridine rings is 1. The number of nitrogens with one attached hydrogen (secondary N) is 1. The van der Waals surface area contributed by atoms with Gasteiger partial charge >= 0.3 is 6.18 Å². The lowest BCUT2D eigenvalue weighted by molar-refractivity contribution is -0.142. The fraction of sp³-hybridized carbons (Fsp3) is 0.371. The molecule has 2 heterocycles. The first-order chi connectivity index (χ1) is 22.6. The van der Waals surface area contributed by atoms with Crippen molar-refractivity contribution in [1.82, 2.24) is 20.1 Å². The second-order valence-electron chi connectivity index (χ2n) is 13.2. The number of amides is 2. The van der Waals surface area contributed by atoms with Gasteiger partial charge in [0.05, 0.1) is 17.3 Å². The largest absolute Gasteiger partial charge is 0.435 e. The van der Waals surface area contributed by atoms with Crippen LogP contribution < -0.4 is 11.1 Å². The van der Waals surface area contributed by atoms with Crippen LogP contribution in [0.15, 0.2) is 54.7 Å².